The Labute approximate surface area is 93.8 Å². The first kappa shape index (κ1) is 10.8. The van der Waals surface area contributed by atoms with Gasteiger partial charge in [-0.2, -0.15) is 0 Å². The summed E-state index contributed by atoms with van der Waals surface area (Å²) in [6, 6.07) is 2.76. The van der Waals surface area contributed by atoms with Crippen LogP contribution in [-0.4, -0.2) is 9.97 Å². The maximum absolute atomic E-state index is 13.4. The van der Waals surface area contributed by atoms with Gasteiger partial charge in [-0.05, 0) is 30.4 Å². The first-order valence-electron chi connectivity index (χ1n) is 4.28. The lowest BCUT2D eigenvalue weighted by Crippen LogP contribution is -1.95. The van der Waals surface area contributed by atoms with Crippen LogP contribution in [0.1, 0.15) is 0 Å². The number of halogens is 3. The van der Waals surface area contributed by atoms with E-state index in [4.69, 9.17) is 0 Å². The Morgan fingerprint density at radius 1 is 1.12 bits per heavy atom. The van der Waals surface area contributed by atoms with Gasteiger partial charge in [-0.3, -0.25) is 0 Å². The number of aromatic nitrogens is 2. The summed E-state index contributed by atoms with van der Waals surface area (Å²) >= 11 is 4.69. The lowest BCUT2D eigenvalue weighted by Gasteiger charge is -2.04. The minimum absolute atomic E-state index is 0.0000567. The molecule has 1 heterocycles. The van der Waals surface area contributed by atoms with Crippen LogP contribution < -0.4 is 0 Å². The third kappa shape index (κ3) is 1.96. The Morgan fingerprint density at radius 2 is 1.88 bits per heavy atom. The highest BCUT2D eigenvalue weighted by Gasteiger charge is 2.11. The monoisotopic (exact) mass is 242 g/mol. The minimum Gasteiger partial charge on any atom is -0.328 e. The van der Waals surface area contributed by atoms with Gasteiger partial charge < -0.3 is 4.98 Å². The highest BCUT2D eigenvalue weighted by molar-refractivity contribution is 7.71. The number of nitrogens with zero attached hydrogens (tertiary/aromatic N) is 1. The molecule has 2 aromatic rings. The molecule has 0 unspecified atom stereocenters. The van der Waals surface area contributed by atoms with E-state index in [9.17, 15) is 13.2 Å². The second-order valence-corrected chi connectivity index (χ2v) is 3.42. The summed E-state index contributed by atoms with van der Waals surface area (Å²) in [5, 5.41) is 0. The fourth-order valence-electron chi connectivity index (χ4n) is 1.26. The minimum atomic E-state index is -0.793. The lowest BCUT2D eigenvalue weighted by molar-refractivity contribution is 0.593. The molecule has 82 valence electrons. The van der Waals surface area contributed by atoms with Gasteiger partial charge in [0.15, 0.2) is 10.6 Å². The van der Waals surface area contributed by atoms with Crippen molar-refractivity contribution in [2.45, 2.75) is 0 Å². The Morgan fingerprint density at radius 3 is 2.62 bits per heavy atom. The molecule has 0 saturated carbocycles. The Kier molecular flexibility index (Phi) is 2.74. The van der Waals surface area contributed by atoms with Crippen molar-refractivity contribution in [2.24, 2.45) is 0 Å². The van der Waals surface area contributed by atoms with Gasteiger partial charge in [-0.25, -0.2) is 18.2 Å². The first-order valence-corrected chi connectivity index (χ1v) is 4.69. The number of hydrogen-bond acceptors (Lipinski definition) is 2. The van der Waals surface area contributed by atoms with Gasteiger partial charge in [0, 0.05) is 5.56 Å². The molecule has 1 aromatic heterocycles. The summed E-state index contributed by atoms with van der Waals surface area (Å²) < 4.78 is 39.6. The molecule has 16 heavy (non-hydrogen) atoms. The summed E-state index contributed by atoms with van der Waals surface area (Å²) in [6.07, 6.45) is 0.860. The zero-order valence-electron chi connectivity index (χ0n) is 7.80. The molecular weight excluding hydrogens is 237 g/mol. The second kappa shape index (κ2) is 4.05. The topological polar surface area (TPSA) is 28.7 Å². The van der Waals surface area contributed by atoms with E-state index in [1.165, 1.54) is 0 Å². The molecule has 1 aromatic carbocycles. The van der Waals surface area contributed by atoms with Crippen LogP contribution in [-0.2, 0) is 0 Å². The van der Waals surface area contributed by atoms with Gasteiger partial charge in [0.25, 0.3) is 0 Å². The number of hydrogen-bond donors (Lipinski definition) is 1. The van der Waals surface area contributed by atoms with Crippen LogP contribution in [0.3, 0.4) is 0 Å². The van der Waals surface area contributed by atoms with E-state index in [0.717, 1.165) is 24.4 Å². The Bertz CT molecular complexity index is 595. The number of nitrogens with one attached hydrogen (secondary N) is 1. The molecule has 0 radical (unpaired) electrons. The molecule has 0 amide bonds. The Hall–Kier alpha value is -1.69. The van der Waals surface area contributed by atoms with Crippen molar-refractivity contribution >= 4 is 12.2 Å². The van der Waals surface area contributed by atoms with Crippen LogP contribution >= 0.6 is 12.2 Å². The predicted octanol–water partition coefficient (Wildman–Crippen LogP) is 3.22. The van der Waals surface area contributed by atoms with Crippen molar-refractivity contribution in [1.82, 2.24) is 9.97 Å². The fourth-order valence-corrected chi connectivity index (χ4v) is 1.42. The number of rotatable bonds is 1. The van der Waals surface area contributed by atoms with Gasteiger partial charge in [0.1, 0.15) is 11.6 Å². The van der Waals surface area contributed by atoms with Crippen LogP contribution in [0.5, 0.6) is 0 Å². The quantitative estimate of drug-likeness (QED) is 0.778. The largest absolute Gasteiger partial charge is 0.328 e. The summed E-state index contributed by atoms with van der Waals surface area (Å²) in [7, 11) is 0. The lowest BCUT2D eigenvalue weighted by atomic mass is 10.1. The Balaban J connectivity index is 2.71. The van der Waals surface area contributed by atoms with Crippen molar-refractivity contribution < 1.29 is 13.2 Å². The normalized spacial score (nSPS) is 10.4. The maximum Gasteiger partial charge on any atom is 0.197 e. The molecule has 0 spiro atoms. The van der Waals surface area contributed by atoms with Crippen molar-refractivity contribution in [3.63, 3.8) is 0 Å². The zero-order chi connectivity index (χ0) is 11.7. The SMILES string of the molecule is Fc1ccc(F)c(-c2[nH]c(=S)ncc2F)c1. The average molecular weight is 242 g/mol. The smallest absolute Gasteiger partial charge is 0.197 e. The van der Waals surface area contributed by atoms with E-state index in [1.807, 2.05) is 0 Å². The second-order valence-electron chi connectivity index (χ2n) is 3.04. The average Bonchev–Trinajstić information content (AvgIpc) is 2.25. The fraction of sp³-hybridized carbons (Fsp3) is 0. The highest BCUT2D eigenvalue weighted by atomic mass is 32.1. The molecule has 2 rings (SSSR count). The predicted molar refractivity (Wildman–Crippen MR) is 54.7 cm³/mol. The highest BCUT2D eigenvalue weighted by Crippen LogP contribution is 2.23. The van der Waals surface area contributed by atoms with Crippen molar-refractivity contribution in [1.29, 1.82) is 0 Å². The van der Waals surface area contributed by atoms with E-state index in [2.05, 4.69) is 22.2 Å². The summed E-state index contributed by atoms with van der Waals surface area (Å²) in [5.41, 5.74) is -0.428. The molecule has 0 aliphatic heterocycles. The maximum atomic E-state index is 13.4. The third-order valence-electron chi connectivity index (χ3n) is 1.96. The van der Waals surface area contributed by atoms with Crippen molar-refractivity contribution in [3.05, 3.63) is 46.6 Å². The van der Waals surface area contributed by atoms with E-state index < -0.39 is 17.5 Å². The number of H-pyrrole nitrogens is 1. The van der Waals surface area contributed by atoms with E-state index >= 15 is 0 Å². The molecule has 0 saturated heterocycles. The van der Waals surface area contributed by atoms with Crippen LogP contribution in [0.2, 0.25) is 0 Å². The molecule has 0 atom stereocenters. The van der Waals surface area contributed by atoms with Gasteiger partial charge >= 0.3 is 0 Å². The van der Waals surface area contributed by atoms with Crippen LogP contribution in [0.25, 0.3) is 11.3 Å². The molecule has 0 aliphatic carbocycles. The molecule has 0 bridgehead atoms. The van der Waals surface area contributed by atoms with Crippen LogP contribution in [0, 0.1) is 22.2 Å². The summed E-state index contributed by atoms with van der Waals surface area (Å²) in [5.74, 6) is -2.19. The van der Waals surface area contributed by atoms with Crippen molar-refractivity contribution in [3.8, 4) is 11.3 Å². The van der Waals surface area contributed by atoms with Crippen LogP contribution in [0.4, 0.5) is 13.2 Å². The molecule has 0 aliphatic rings. The van der Waals surface area contributed by atoms with Gasteiger partial charge in [0.2, 0.25) is 0 Å². The molecule has 2 nitrogen and oxygen atoms in total. The summed E-state index contributed by atoms with van der Waals surface area (Å²) in [6.45, 7) is 0. The van der Waals surface area contributed by atoms with Gasteiger partial charge in [-0.15, -0.1) is 0 Å². The van der Waals surface area contributed by atoms with E-state index in [1.54, 1.807) is 0 Å². The number of aromatic amines is 1. The number of benzene rings is 1. The van der Waals surface area contributed by atoms with E-state index in [0.29, 0.717) is 0 Å². The van der Waals surface area contributed by atoms with E-state index in [-0.39, 0.29) is 16.0 Å². The van der Waals surface area contributed by atoms with Gasteiger partial charge in [0.05, 0.1) is 11.9 Å². The van der Waals surface area contributed by atoms with Crippen LogP contribution in [0.15, 0.2) is 24.4 Å². The summed E-state index contributed by atoms with van der Waals surface area (Å²) in [4.78, 5) is 5.87. The molecule has 6 heteroatoms. The molecular formula is C10H5F3N2S. The van der Waals surface area contributed by atoms with Gasteiger partial charge in [-0.1, -0.05) is 0 Å². The van der Waals surface area contributed by atoms with Crippen molar-refractivity contribution in [2.75, 3.05) is 0 Å². The standard InChI is InChI=1S/C10H5F3N2S/c11-5-1-2-7(12)6(3-5)9-8(13)4-14-10(16)15-9/h1-4H,(H,14,15,16). The molecule has 0 fully saturated rings. The zero-order valence-corrected chi connectivity index (χ0v) is 8.62. The third-order valence-corrected chi connectivity index (χ3v) is 2.17. The first-order chi connectivity index (χ1) is 7.58. The molecule has 1 N–H and O–H groups in total.